The number of hydrogen-bond acceptors (Lipinski definition) is 3. The lowest BCUT2D eigenvalue weighted by Gasteiger charge is -2.17. The summed E-state index contributed by atoms with van der Waals surface area (Å²) in [7, 11) is 0. The Morgan fingerprint density at radius 2 is 1.79 bits per heavy atom. The van der Waals surface area contributed by atoms with Gasteiger partial charge < -0.3 is 15.7 Å². The molecule has 0 unspecified atom stereocenters. The first kappa shape index (κ1) is 16.0. The molecule has 0 fully saturated rings. The molecule has 2 aromatic carbocycles. The van der Waals surface area contributed by atoms with Crippen molar-refractivity contribution in [3.8, 4) is 0 Å². The number of benzene rings is 2. The second-order valence-electron chi connectivity index (χ2n) is 5.46. The van der Waals surface area contributed by atoms with Gasteiger partial charge in [-0.1, -0.05) is 48.5 Å². The molecule has 3 rings (SSSR count). The summed E-state index contributed by atoms with van der Waals surface area (Å²) in [6, 6.07) is 18.3. The van der Waals surface area contributed by atoms with Gasteiger partial charge in [-0.15, -0.1) is 0 Å². The Kier molecular flexibility index (Phi) is 5.03. The Morgan fingerprint density at radius 1 is 1.04 bits per heavy atom. The number of aromatic nitrogens is 1. The van der Waals surface area contributed by atoms with Crippen LogP contribution in [0.4, 0.5) is 4.79 Å². The molecule has 3 N–H and O–H groups in total. The third kappa shape index (κ3) is 3.70. The number of aliphatic hydroxyl groups excluding tert-OH is 1. The van der Waals surface area contributed by atoms with Crippen molar-refractivity contribution in [3.05, 3.63) is 78.0 Å². The van der Waals surface area contributed by atoms with Gasteiger partial charge in [-0.05, 0) is 23.3 Å². The fourth-order valence-corrected chi connectivity index (χ4v) is 2.61. The zero-order valence-corrected chi connectivity index (χ0v) is 13.1. The second kappa shape index (κ2) is 7.57. The molecule has 5 heteroatoms. The molecular weight excluding hydrogens is 302 g/mol. The normalized spacial score (nSPS) is 11.9. The summed E-state index contributed by atoms with van der Waals surface area (Å²) in [6.45, 7) is 0.234. The van der Waals surface area contributed by atoms with Crippen LogP contribution in [0.1, 0.15) is 17.2 Å². The first-order valence-electron chi connectivity index (χ1n) is 7.80. The lowest BCUT2D eigenvalue weighted by molar-refractivity contribution is 0.216. The van der Waals surface area contributed by atoms with Crippen molar-refractivity contribution >= 4 is 16.9 Å². The summed E-state index contributed by atoms with van der Waals surface area (Å²) < 4.78 is 0. The summed E-state index contributed by atoms with van der Waals surface area (Å²) in [5.74, 6) is 0. The van der Waals surface area contributed by atoms with Gasteiger partial charge in [0.2, 0.25) is 0 Å². The van der Waals surface area contributed by atoms with Crippen LogP contribution in [-0.4, -0.2) is 22.7 Å². The summed E-state index contributed by atoms with van der Waals surface area (Å²) in [4.78, 5) is 16.5. The highest BCUT2D eigenvalue weighted by Crippen LogP contribution is 2.16. The van der Waals surface area contributed by atoms with Gasteiger partial charge in [-0.2, -0.15) is 0 Å². The molecule has 0 aliphatic carbocycles. The predicted octanol–water partition coefficient (Wildman–Crippen LogP) is 2.77. The molecule has 0 saturated heterocycles. The summed E-state index contributed by atoms with van der Waals surface area (Å²) in [5.41, 5.74) is 2.76. The van der Waals surface area contributed by atoms with Gasteiger partial charge in [0.1, 0.15) is 0 Å². The number of carbonyl (C=O) groups is 1. The quantitative estimate of drug-likeness (QED) is 0.676. The fraction of sp³-hybridized carbons (Fsp3) is 0.158. The van der Waals surface area contributed by atoms with Crippen LogP contribution < -0.4 is 10.6 Å². The number of urea groups is 1. The number of nitrogens with zero attached hydrogens (tertiary/aromatic N) is 1. The van der Waals surface area contributed by atoms with Crippen molar-refractivity contribution in [2.45, 2.75) is 12.6 Å². The van der Waals surface area contributed by atoms with Crippen LogP contribution in [0.15, 0.2) is 66.9 Å². The first-order valence-corrected chi connectivity index (χ1v) is 7.80. The van der Waals surface area contributed by atoms with Crippen LogP contribution in [0.3, 0.4) is 0 Å². The maximum absolute atomic E-state index is 12.1. The standard InChI is InChI=1S/C19H19N3O2/c23-13-18(14-6-2-1-3-7-14)22-19(24)21-12-15-10-11-20-17-9-5-4-8-16(15)17/h1-11,18,23H,12-13H2,(H2,21,22,24)/t18-/m1/s1. The van der Waals surface area contributed by atoms with E-state index in [4.69, 9.17) is 0 Å². The minimum absolute atomic E-state index is 0.157. The van der Waals surface area contributed by atoms with Gasteiger partial charge in [0.05, 0.1) is 18.2 Å². The molecule has 0 aliphatic rings. The molecule has 1 aromatic heterocycles. The van der Waals surface area contributed by atoms with Crippen molar-refractivity contribution < 1.29 is 9.90 Å². The SMILES string of the molecule is O=C(NCc1ccnc2ccccc12)N[C@H](CO)c1ccccc1. The van der Waals surface area contributed by atoms with E-state index >= 15 is 0 Å². The molecule has 24 heavy (non-hydrogen) atoms. The molecular formula is C19H19N3O2. The first-order chi connectivity index (χ1) is 11.8. The summed E-state index contributed by atoms with van der Waals surface area (Å²) in [5, 5.41) is 16.1. The van der Waals surface area contributed by atoms with Crippen LogP contribution in [0.5, 0.6) is 0 Å². The van der Waals surface area contributed by atoms with E-state index in [9.17, 15) is 9.90 Å². The highest BCUT2D eigenvalue weighted by Gasteiger charge is 2.13. The summed E-state index contributed by atoms with van der Waals surface area (Å²) >= 11 is 0. The molecule has 3 aromatic rings. The van der Waals surface area contributed by atoms with E-state index in [1.165, 1.54) is 0 Å². The lowest BCUT2D eigenvalue weighted by Crippen LogP contribution is -2.38. The Balaban J connectivity index is 1.64. The number of carbonyl (C=O) groups excluding carboxylic acids is 1. The zero-order chi connectivity index (χ0) is 16.8. The van der Waals surface area contributed by atoms with E-state index in [0.29, 0.717) is 6.54 Å². The molecule has 122 valence electrons. The summed E-state index contributed by atoms with van der Waals surface area (Å²) in [6.07, 6.45) is 1.73. The predicted molar refractivity (Wildman–Crippen MR) is 93.4 cm³/mol. The number of aliphatic hydroxyl groups is 1. The smallest absolute Gasteiger partial charge is 0.315 e. The van der Waals surface area contributed by atoms with Crippen molar-refractivity contribution in [3.63, 3.8) is 0 Å². The van der Waals surface area contributed by atoms with Gasteiger partial charge in [-0.25, -0.2) is 4.79 Å². The Bertz CT molecular complexity index is 816. The van der Waals surface area contributed by atoms with Gasteiger partial charge in [0.25, 0.3) is 0 Å². The maximum Gasteiger partial charge on any atom is 0.315 e. The largest absolute Gasteiger partial charge is 0.394 e. The molecule has 0 aliphatic heterocycles. The highest BCUT2D eigenvalue weighted by atomic mass is 16.3. The van der Waals surface area contributed by atoms with E-state index in [1.807, 2.05) is 60.7 Å². The van der Waals surface area contributed by atoms with E-state index in [0.717, 1.165) is 22.0 Å². The third-order valence-corrected chi connectivity index (χ3v) is 3.87. The van der Waals surface area contributed by atoms with Crippen molar-refractivity contribution in [1.29, 1.82) is 0 Å². The van der Waals surface area contributed by atoms with E-state index in [2.05, 4.69) is 15.6 Å². The molecule has 1 heterocycles. The topological polar surface area (TPSA) is 74.2 Å². The molecule has 0 saturated carbocycles. The molecule has 0 spiro atoms. The average Bonchev–Trinajstić information content (AvgIpc) is 2.65. The van der Waals surface area contributed by atoms with Crippen LogP contribution in [0.2, 0.25) is 0 Å². The molecule has 2 amide bonds. The third-order valence-electron chi connectivity index (χ3n) is 3.87. The van der Waals surface area contributed by atoms with E-state index in [-0.39, 0.29) is 12.6 Å². The molecule has 0 bridgehead atoms. The minimum atomic E-state index is -0.430. The van der Waals surface area contributed by atoms with E-state index < -0.39 is 6.04 Å². The fourth-order valence-electron chi connectivity index (χ4n) is 2.61. The van der Waals surface area contributed by atoms with Gasteiger partial charge in [0.15, 0.2) is 0 Å². The lowest BCUT2D eigenvalue weighted by atomic mass is 10.1. The minimum Gasteiger partial charge on any atom is -0.394 e. The van der Waals surface area contributed by atoms with Gasteiger partial charge >= 0.3 is 6.03 Å². The van der Waals surface area contributed by atoms with Gasteiger partial charge in [-0.3, -0.25) is 4.98 Å². The van der Waals surface area contributed by atoms with Crippen LogP contribution in [0, 0.1) is 0 Å². The van der Waals surface area contributed by atoms with Crippen LogP contribution in [0.25, 0.3) is 10.9 Å². The number of amides is 2. The van der Waals surface area contributed by atoms with Gasteiger partial charge in [0, 0.05) is 18.1 Å². The highest BCUT2D eigenvalue weighted by molar-refractivity contribution is 5.82. The number of fused-ring (bicyclic) bond motifs is 1. The molecule has 0 radical (unpaired) electrons. The number of hydrogen-bond donors (Lipinski definition) is 3. The van der Waals surface area contributed by atoms with Crippen molar-refractivity contribution in [1.82, 2.24) is 15.6 Å². The average molecular weight is 321 g/mol. The van der Waals surface area contributed by atoms with Crippen molar-refractivity contribution in [2.24, 2.45) is 0 Å². The maximum atomic E-state index is 12.1. The van der Waals surface area contributed by atoms with Crippen LogP contribution in [-0.2, 0) is 6.54 Å². The zero-order valence-electron chi connectivity index (χ0n) is 13.1. The molecule has 5 nitrogen and oxygen atoms in total. The Morgan fingerprint density at radius 3 is 2.58 bits per heavy atom. The Hall–Kier alpha value is -2.92. The molecule has 1 atom stereocenters. The number of rotatable bonds is 5. The monoisotopic (exact) mass is 321 g/mol. The number of pyridine rings is 1. The number of nitrogens with one attached hydrogen (secondary N) is 2. The number of para-hydroxylation sites is 1. The van der Waals surface area contributed by atoms with Crippen LogP contribution >= 0.6 is 0 Å². The van der Waals surface area contributed by atoms with Crippen molar-refractivity contribution in [2.75, 3.05) is 6.61 Å². The second-order valence-corrected chi connectivity index (χ2v) is 5.46. The Labute approximate surface area is 140 Å². The van der Waals surface area contributed by atoms with E-state index in [1.54, 1.807) is 6.20 Å².